The summed E-state index contributed by atoms with van der Waals surface area (Å²) in [6.45, 7) is 0.0986. The molecule has 0 bridgehead atoms. The van der Waals surface area contributed by atoms with Gasteiger partial charge in [-0.25, -0.2) is 8.78 Å². The number of rotatable bonds is 3. The van der Waals surface area contributed by atoms with Crippen LogP contribution in [0.5, 0.6) is 0 Å². The molecule has 0 atom stereocenters. The van der Waals surface area contributed by atoms with E-state index in [0.29, 0.717) is 16.8 Å². The molecule has 0 saturated carbocycles. The Balaban J connectivity index is 1.83. The van der Waals surface area contributed by atoms with E-state index in [2.05, 4.69) is 5.32 Å². The Bertz CT molecular complexity index is 855. The van der Waals surface area contributed by atoms with E-state index < -0.39 is 0 Å². The van der Waals surface area contributed by atoms with Gasteiger partial charge in [0.25, 0.3) is 5.91 Å². The molecule has 0 radical (unpaired) electrons. The second-order valence-electron chi connectivity index (χ2n) is 5.07. The highest BCUT2D eigenvalue weighted by Gasteiger charge is 2.14. The highest BCUT2D eigenvalue weighted by molar-refractivity contribution is 5.98. The molecule has 0 unspecified atom stereocenters. The van der Waals surface area contributed by atoms with E-state index >= 15 is 0 Å². The number of carbonyl (C=O) groups is 1. The van der Waals surface area contributed by atoms with Crippen LogP contribution < -0.4 is 5.32 Å². The van der Waals surface area contributed by atoms with E-state index in [1.807, 2.05) is 0 Å². The van der Waals surface area contributed by atoms with Crippen molar-refractivity contribution in [3.8, 4) is 0 Å². The Kier molecular flexibility index (Phi) is 3.63. The number of aryl methyl sites for hydroxylation is 1. The summed E-state index contributed by atoms with van der Waals surface area (Å²) in [5, 5.41) is 3.46. The zero-order valence-corrected chi connectivity index (χ0v) is 11.9. The third kappa shape index (κ3) is 2.57. The fraction of sp³-hybridized carbons (Fsp3) is 0.118. The number of hydrogen-bond acceptors (Lipinski definition) is 1. The monoisotopic (exact) mass is 300 g/mol. The van der Waals surface area contributed by atoms with Gasteiger partial charge in [0.2, 0.25) is 0 Å². The van der Waals surface area contributed by atoms with Crippen LogP contribution in [0.15, 0.2) is 48.5 Å². The van der Waals surface area contributed by atoms with Gasteiger partial charge < -0.3 is 9.88 Å². The number of fused-ring (bicyclic) bond motifs is 1. The first-order valence-electron chi connectivity index (χ1n) is 6.83. The lowest BCUT2D eigenvalue weighted by atomic mass is 10.2. The molecule has 0 aliphatic carbocycles. The number of benzene rings is 2. The summed E-state index contributed by atoms with van der Waals surface area (Å²) in [5.41, 5.74) is 1.45. The first-order chi connectivity index (χ1) is 10.6. The van der Waals surface area contributed by atoms with Gasteiger partial charge in [0.1, 0.15) is 17.3 Å². The van der Waals surface area contributed by atoms with Crippen LogP contribution in [0.3, 0.4) is 0 Å². The normalized spacial score (nSPS) is 10.9. The number of carbonyl (C=O) groups excluding carboxylic acids is 1. The fourth-order valence-electron chi connectivity index (χ4n) is 2.43. The summed E-state index contributed by atoms with van der Waals surface area (Å²) in [4.78, 5) is 12.3. The first kappa shape index (κ1) is 14.3. The molecule has 1 heterocycles. The van der Waals surface area contributed by atoms with Crippen molar-refractivity contribution in [3.63, 3.8) is 0 Å². The summed E-state index contributed by atoms with van der Waals surface area (Å²) in [7, 11) is 1.69. The molecule has 0 spiro atoms. The van der Waals surface area contributed by atoms with Crippen molar-refractivity contribution in [2.45, 2.75) is 6.54 Å². The van der Waals surface area contributed by atoms with E-state index in [4.69, 9.17) is 0 Å². The SMILES string of the molecule is Cn1c(C(=O)NCc2ccccc2F)cc2ccc(F)cc21. The second-order valence-corrected chi connectivity index (χ2v) is 5.07. The van der Waals surface area contributed by atoms with Crippen molar-refractivity contribution in [3.05, 3.63) is 71.4 Å². The maximum Gasteiger partial charge on any atom is 0.268 e. The maximum absolute atomic E-state index is 13.5. The topological polar surface area (TPSA) is 34.0 Å². The van der Waals surface area contributed by atoms with Crippen molar-refractivity contribution in [1.82, 2.24) is 9.88 Å². The highest BCUT2D eigenvalue weighted by Crippen LogP contribution is 2.20. The third-order valence-electron chi connectivity index (χ3n) is 3.64. The van der Waals surface area contributed by atoms with Gasteiger partial charge in [-0.3, -0.25) is 4.79 Å². The molecule has 1 aromatic heterocycles. The molecule has 1 amide bonds. The van der Waals surface area contributed by atoms with Crippen molar-refractivity contribution in [2.24, 2.45) is 7.05 Å². The van der Waals surface area contributed by atoms with Gasteiger partial charge in [-0.05, 0) is 30.3 Å². The van der Waals surface area contributed by atoms with Crippen molar-refractivity contribution >= 4 is 16.8 Å². The zero-order valence-electron chi connectivity index (χ0n) is 11.9. The summed E-state index contributed by atoms with van der Waals surface area (Å²) < 4.78 is 28.4. The molecule has 112 valence electrons. The van der Waals surface area contributed by atoms with E-state index in [9.17, 15) is 13.6 Å². The molecule has 0 aliphatic heterocycles. The number of amides is 1. The average molecular weight is 300 g/mol. The predicted octanol–water partition coefficient (Wildman–Crippen LogP) is 3.39. The molecule has 0 fully saturated rings. The molecule has 1 N–H and O–H groups in total. The Hall–Kier alpha value is -2.69. The third-order valence-corrected chi connectivity index (χ3v) is 3.64. The number of aromatic nitrogens is 1. The van der Waals surface area contributed by atoms with E-state index in [1.54, 1.807) is 41.9 Å². The Morgan fingerprint density at radius 1 is 1.14 bits per heavy atom. The number of nitrogens with one attached hydrogen (secondary N) is 1. The van der Waals surface area contributed by atoms with Gasteiger partial charge in [-0.1, -0.05) is 18.2 Å². The molecule has 0 aliphatic rings. The van der Waals surface area contributed by atoms with Crippen molar-refractivity contribution in [1.29, 1.82) is 0 Å². The number of halogens is 2. The minimum Gasteiger partial charge on any atom is -0.347 e. The summed E-state index contributed by atoms with van der Waals surface area (Å²) in [6, 6.07) is 12.3. The molecular weight excluding hydrogens is 286 g/mol. The Morgan fingerprint density at radius 3 is 2.68 bits per heavy atom. The summed E-state index contributed by atoms with van der Waals surface area (Å²) in [5.74, 6) is -1.05. The van der Waals surface area contributed by atoms with Crippen LogP contribution in [-0.2, 0) is 13.6 Å². The minimum atomic E-state index is -0.359. The lowest BCUT2D eigenvalue weighted by Gasteiger charge is -2.07. The summed E-state index contributed by atoms with van der Waals surface area (Å²) in [6.07, 6.45) is 0. The Morgan fingerprint density at radius 2 is 1.91 bits per heavy atom. The van der Waals surface area contributed by atoms with Gasteiger partial charge in [0.15, 0.2) is 0 Å². The molecule has 22 heavy (non-hydrogen) atoms. The standard InChI is InChI=1S/C17H14F2N2O/c1-21-15-9-13(18)7-6-11(15)8-16(21)17(22)20-10-12-4-2-3-5-14(12)19/h2-9H,10H2,1H3,(H,20,22). The van der Waals surface area contributed by atoms with Gasteiger partial charge >= 0.3 is 0 Å². The lowest BCUT2D eigenvalue weighted by molar-refractivity contribution is 0.0943. The van der Waals surface area contributed by atoms with Crippen molar-refractivity contribution in [2.75, 3.05) is 0 Å². The molecular formula is C17H14F2N2O. The van der Waals surface area contributed by atoms with E-state index in [-0.39, 0.29) is 24.1 Å². The molecule has 3 rings (SSSR count). The van der Waals surface area contributed by atoms with Gasteiger partial charge in [0.05, 0.1) is 5.52 Å². The number of nitrogens with zero attached hydrogens (tertiary/aromatic N) is 1. The van der Waals surface area contributed by atoms with Crippen LogP contribution in [0.25, 0.3) is 10.9 Å². The minimum absolute atomic E-state index is 0.0986. The Labute approximate surface area is 126 Å². The largest absolute Gasteiger partial charge is 0.347 e. The van der Waals surface area contributed by atoms with E-state index in [1.165, 1.54) is 18.2 Å². The van der Waals surface area contributed by atoms with Crippen LogP contribution in [0.2, 0.25) is 0 Å². The first-order valence-corrected chi connectivity index (χ1v) is 6.83. The smallest absolute Gasteiger partial charge is 0.268 e. The molecule has 0 saturated heterocycles. The van der Waals surface area contributed by atoms with Crippen LogP contribution >= 0.6 is 0 Å². The number of hydrogen-bond donors (Lipinski definition) is 1. The van der Waals surface area contributed by atoms with Crippen LogP contribution in [0.4, 0.5) is 8.78 Å². The molecule has 2 aromatic carbocycles. The maximum atomic E-state index is 13.5. The van der Waals surface area contributed by atoms with Crippen LogP contribution in [-0.4, -0.2) is 10.5 Å². The van der Waals surface area contributed by atoms with Gasteiger partial charge in [-0.15, -0.1) is 0 Å². The van der Waals surface area contributed by atoms with Gasteiger partial charge in [-0.2, -0.15) is 0 Å². The van der Waals surface area contributed by atoms with Crippen LogP contribution in [0.1, 0.15) is 16.1 Å². The predicted molar refractivity (Wildman–Crippen MR) is 80.4 cm³/mol. The molecule has 5 heteroatoms. The fourth-order valence-corrected chi connectivity index (χ4v) is 2.43. The second kappa shape index (κ2) is 5.60. The highest BCUT2D eigenvalue weighted by atomic mass is 19.1. The average Bonchev–Trinajstić information content (AvgIpc) is 2.83. The quantitative estimate of drug-likeness (QED) is 0.790. The molecule has 3 nitrogen and oxygen atoms in total. The zero-order chi connectivity index (χ0) is 15.7. The van der Waals surface area contributed by atoms with Gasteiger partial charge in [0, 0.05) is 24.5 Å². The van der Waals surface area contributed by atoms with E-state index in [0.717, 1.165) is 5.39 Å². The van der Waals surface area contributed by atoms with Crippen LogP contribution in [0, 0.1) is 11.6 Å². The summed E-state index contributed by atoms with van der Waals surface area (Å²) >= 11 is 0. The lowest BCUT2D eigenvalue weighted by Crippen LogP contribution is -2.25. The molecule has 3 aromatic rings. The van der Waals surface area contributed by atoms with Crippen molar-refractivity contribution < 1.29 is 13.6 Å².